The summed E-state index contributed by atoms with van der Waals surface area (Å²) < 4.78 is 55.8. The number of aryl methyl sites for hydroxylation is 1. The number of hydrogen-bond donors (Lipinski definition) is 1. The van der Waals surface area contributed by atoms with Gasteiger partial charge in [0.2, 0.25) is 0 Å². The topological polar surface area (TPSA) is 76.2 Å². The number of aromatic nitrogens is 4. The van der Waals surface area contributed by atoms with Gasteiger partial charge in [-0.15, -0.1) is 0 Å². The molecule has 11 heteroatoms. The minimum absolute atomic E-state index is 0.135. The van der Waals surface area contributed by atoms with Crippen molar-refractivity contribution in [1.29, 1.82) is 0 Å². The van der Waals surface area contributed by atoms with E-state index in [0.29, 0.717) is 30.8 Å². The maximum atomic E-state index is 13.7. The molecule has 0 radical (unpaired) electrons. The van der Waals surface area contributed by atoms with Gasteiger partial charge in [-0.1, -0.05) is 0 Å². The first-order valence-corrected chi connectivity index (χ1v) is 10.8. The minimum Gasteiger partial charge on any atom is -0.390 e. The number of benzene rings is 1. The van der Waals surface area contributed by atoms with Crippen LogP contribution in [0.4, 0.5) is 23.2 Å². The van der Waals surface area contributed by atoms with Crippen LogP contribution >= 0.6 is 0 Å². The van der Waals surface area contributed by atoms with E-state index in [-0.39, 0.29) is 17.9 Å². The number of aliphatic hydroxyl groups is 1. The molecule has 1 N–H and O–H groups in total. The van der Waals surface area contributed by atoms with Gasteiger partial charge in [-0.05, 0) is 63.9 Å². The SMILES string of the molecule is Cc1cc(C(F)(F)F)nn1C(CC(C)(C)O)C(=O)N1CCCc2c1cnn2-c1ccc(F)cc1. The molecule has 1 aliphatic rings. The van der Waals surface area contributed by atoms with Gasteiger partial charge in [-0.2, -0.15) is 23.4 Å². The zero-order chi connectivity index (χ0) is 24.8. The average Bonchev–Trinajstić information content (AvgIpc) is 3.35. The molecule has 34 heavy (non-hydrogen) atoms. The maximum absolute atomic E-state index is 13.7. The largest absolute Gasteiger partial charge is 0.435 e. The number of halogens is 4. The second-order valence-corrected chi connectivity index (χ2v) is 9.10. The number of alkyl halides is 3. The lowest BCUT2D eigenvalue weighted by molar-refractivity contribution is -0.142. The first-order chi connectivity index (χ1) is 15.8. The van der Waals surface area contributed by atoms with E-state index in [1.54, 1.807) is 16.8 Å². The quantitative estimate of drug-likeness (QED) is 0.556. The number of anilines is 1. The summed E-state index contributed by atoms with van der Waals surface area (Å²) >= 11 is 0. The van der Waals surface area contributed by atoms with Gasteiger partial charge in [0.1, 0.15) is 11.9 Å². The van der Waals surface area contributed by atoms with Crippen LogP contribution in [0.15, 0.2) is 36.5 Å². The number of fused-ring (bicyclic) bond motifs is 1. The normalized spacial score (nSPS) is 15.4. The molecular formula is C23H25F4N5O2. The predicted octanol–water partition coefficient (Wildman–Crippen LogP) is 4.22. The molecule has 7 nitrogen and oxygen atoms in total. The van der Waals surface area contributed by atoms with Crippen LogP contribution in [-0.2, 0) is 17.4 Å². The highest BCUT2D eigenvalue weighted by atomic mass is 19.4. The lowest BCUT2D eigenvalue weighted by Gasteiger charge is -2.33. The Morgan fingerprint density at radius 1 is 1.21 bits per heavy atom. The van der Waals surface area contributed by atoms with Crippen molar-refractivity contribution in [3.05, 3.63) is 59.4 Å². The Balaban J connectivity index is 1.73. The molecule has 2 aromatic heterocycles. The molecule has 0 spiro atoms. The molecule has 3 aromatic rings. The van der Waals surface area contributed by atoms with E-state index < -0.39 is 29.4 Å². The lowest BCUT2D eigenvalue weighted by Crippen LogP contribution is -2.43. The summed E-state index contributed by atoms with van der Waals surface area (Å²) in [5.74, 6) is -0.870. The van der Waals surface area contributed by atoms with Crippen LogP contribution in [0.5, 0.6) is 0 Å². The van der Waals surface area contributed by atoms with Gasteiger partial charge in [-0.25, -0.2) is 9.07 Å². The first kappa shape index (κ1) is 23.9. The summed E-state index contributed by atoms with van der Waals surface area (Å²) in [6.45, 7) is 4.77. The van der Waals surface area contributed by atoms with Crippen molar-refractivity contribution < 1.29 is 27.5 Å². The Hall–Kier alpha value is -3.21. The van der Waals surface area contributed by atoms with Crippen LogP contribution in [0.2, 0.25) is 0 Å². The van der Waals surface area contributed by atoms with Gasteiger partial charge in [-0.3, -0.25) is 9.48 Å². The number of amides is 1. The second-order valence-electron chi connectivity index (χ2n) is 9.10. The van der Waals surface area contributed by atoms with Crippen LogP contribution in [0.1, 0.15) is 49.8 Å². The molecule has 0 saturated carbocycles. The zero-order valence-corrected chi connectivity index (χ0v) is 19.0. The van der Waals surface area contributed by atoms with Crippen molar-refractivity contribution in [2.45, 2.75) is 57.9 Å². The maximum Gasteiger partial charge on any atom is 0.435 e. The highest BCUT2D eigenvalue weighted by Crippen LogP contribution is 2.35. The Morgan fingerprint density at radius 2 is 1.88 bits per heavy atom. The molecule has 182 valence electrons. The highest BCUT2D eigenvalue weighted by Gasteiger charge is 2.39. The Bertz CT molecular complexity index is 1190. The van der Waals surface area contributed by atoms with E-state index in [1.807, 2.05) is 0 Å². The number of nitrogens with zero attached hydrogens (tertiary/aromatic N) is 5. The summed E-state index contributed by atoms with van der Waals surface area (Å²) in [4.78, 5) is 15.2. The van der Waals surface area contributed by atoms with Crippen molar-refractivity contribution in [3.63, 3.8) is 0 Å². The third kappa shape index (κ3) is 4.70. The Labute approximate surface area is 193 Å². The van der Waals surface area contributed by atoms with Crippen LogP contribution in [0.25, 0.3) is 5.69 Å². The molecule has 1 amide bonds. The summed E-state index contributed by atoms with van der Waals surface area (Å²) in [6.07, 6.45) is -2.05. The van der Waals surface area contributed by atoms with Crippen molar-refractivity contribution in [1.82, 2.24) is 19.6 Å². The highest BCUT2D eigenvalue weighted by molar-refractivity contribution is 5.97. The summed E-state index contributed by atoms with van der Waals surface area (Å²) in [7, 11) is 0. The standard InChI is InChI=1S/C23H25F4N5O2/c1-14-11-20(23(25,26)27)29-31(14)18(12-22(2,3)34)21(33)30-10-4-5-17-19(30)13-28-32(17)16-8-6-15(24)7-9-16/h6-9,11,13,18,34H,4-5,10,12H2,1-3H3. The third-order valence-corrected chi connectivity index (χ3v) is 5.76. The fraction of sp³-hybridized carbons (Fsp3) is 0.435. The zero-order valence-electron chi connectivity index (χ0n) is 19.0. The van der Waals surface area contributed by atoms with Crippen LogP contribution in [0.3, 0.4) is 0 Å². The van der Waals surface area contributed by atoms with Gasteiger partial charge in [0.25, 0.3) is 5.91 Å². The fourth-order valence-corrected chi connectivity index (χ4v) is 4.26. The van der Waals surface area contributed by atoms with Gasteiger partial charge in [0.05, 0.1) is 28.9 Å². The van der Waals surface area contributed by atoms with E-state index in [0.717, 1.165) is 16.4 Å². The van der Waals surface area contributed by atoms with E-state index in [4.69, 9.17) is 0 Å². The molecule has 3 heterocycles. The number of rotatable bonds is 5. The number of carbonyl (C=O) groups is 1. The van der Waals surface area contributed by atoms with Crippen LogP contribution < -0.4 is 4.90 Å². The van der Waals surface area contributed by atoms with Crippen molar-refractivity contribution >= 4 is 11.6 Å². The molecule has 4 rings (SSSR count). The average molecular weight is 479 g/mol. The number of carbonyl (C=O) groups excluding carboxylic acids is 1. The molecule has 1 atom stereocenters. The molecule has 1 aliphatic heterocycles. The van der Waals surface area contributed by atoms with E-state index >= 15 is 0 Å². The molecule has 0 aliphatic carbocycles. The Kier molecular flexibility index (Phi) is 6.01. The van der Waals surface area contributed by atoms with Crippen molar-refractivity contribution in [2.75, 3.05) is 11.4 Å². The van der Waals surface area contributed by atoms with Crippen LogP contribution in [0, 0.1) is 12.7 Å². The smallest absolute Gasteiger partial charge is 0.390 e. The van der Waals surface area contributed by atoms with E-state index in [9.17, 15) is 27.5 Å². The molecular weight excluding hydrogens is 454 g/mol. The minimum atomic E-state index is -4.66. The Morgan fingerprint density at radius 3 is 2.47 bits per heavy atom. The van der Waals surface area contributed by atoms with Crippen molar-refractivity contribution in [2.24, 2.45) is 0 Å². The predicted molar refractivity (Wildman–Crippen MR) is 116 cm³/mol. The summed E-state index contributed by atoms with van der Waals surface area (Å²) in [5.41, 5.74) is -0.379. The first-order valence-electron chi connectivity index (χ1n) is 10.8. The molecule has 1 aromatic carbocycles. The van der Waals surface area contributed by atoms with Crippen molar-refractivity contribution in [3.8, 4) is 5.69 Å². The van der Waals surface area contributed by atoms with Gasteiger partial charge in [0, 0.05) is 18.7 Å². The fourth-order valence-electron chi connectivity index (χ4n) is 4.26. The summed E-state index contributed by atoms with van der Waals surface area (Å²) in [5, 5.41) is 18.5. The van der Waals surface area contributed by atoms with Crippen LogP contribution in [-0.4, -0.2) is 42.7 Å². The molecule has 0 fully saturated rings. The van der Waals surface area contributed by atoms with Gasteiger partial charge >= 0.3 is 6.18 Å². The second kappa shape index (κ2) is 8.53. The van der Waals surface area contributed by atoms with E-state index in [2.05, 4.69) is 10.2 Å². The lowest BCUT2D eigenvalue weighted by atomic mass is 9.97. The molecule has 0 saturated heterocycles. The summed E-state index contributed by atoms with van der Waals surface area (Å²) in [6, 6.07) is 5.51. The molecule has 0 bridgehead atoms. The molecule has 1 unspecified atom stereocenters. The monoisotopic (exact) mass is 479 g/mol. The van der Waals surface area contributed by atoms with Gasteiger partial charge in [0.15, 0.2) is 5.69 Å². The van der Waals surface area contributed by atoms with E-state index in [1.165, 1.54) is 44.0 Å². The van der Waals surface area contributed by atoms with Gasteiger partial charge < -0.3 is 10.0 Å². The third-order valence-electron chi connectivity index (χ3n) is 5.76. The number of hydrogen-bond acceptors (Lipinski definition) is 4.